The first-order valence-electron chi connectivity index (χ1n) is 12.7. The molecule has 0 amide bonds. The van der Waals surface area contributed by atoms with Gasteiger partial charge in [-0.05, 0) is 59.5 Å². The molecule has 0 aromatic heterocycles. The molecule has 218 valence electrons. The van der Waals surface area contributed by atoms with Gasteiger partial charge in [0.15, 0.2) is 11.5 Å². The molecule has 0 aliphatic heterocycles. The fraction of sp³-hybridized carbons (Fsp3) is 0.379. The monoisotopic (exact) mass is 590 g/mol. The van der Waals surface area contributed by atoms with Crippen molar-refractivity contribution in [2.24, 2.45) is 0 Å². The summed E-state index contributed by atoms with van der Waals surface area (Å²) < 4.78 is 63.8. The van der Waals surface area contributed by atoms with Crippen molar-refractivity contribution in [1.29, 1.82) is 0 Å². The summed E-state index contributed by atoms with van der Waals surface area (Å²) in [6.07, 6.45) is 0.561. The number of phenolic OH excluding ortho intramolecular Hbond substituents is 1. The summed E-state index contributed by atoms with van der Waals surface area (Å²) in [7, 11) is -0.835. The van der Waals surface area contributed by atoms with E-state index in [1.54, 1.807) is 49.5 Å². The largest absolute Gasteiger partial charge is 0.772 e. The number of aromatic hydroxyl groups is 1. The van der Waals surface area contributed by atoms with Crippen LogP contribution in [0.2, 0.25) is 0 Å². The molecule has 0 aliphatic carbocycles. The summed E-state index contributed by atoms with van der Waals surface area (Å²) in [5, 5.41) is 9.58. The highest BCUT2D eigenvalue weighted by molar-refractivity contribution is 7.87. The van der Waals surface area contributed by atoms with Crippen LogP contribution in [0.3, 0.4) is 0 Å². The van der Waals surface area contributed by atoms with Crippen molar-refractivity contribution in [3.8, 4) is 23.0 Å². The van der Waals surface area contributed by atoms with Crippen LogP contribution in [-0.4, -0.2) is 72.5 Å². The Kier molecular flexibility index (Phi) is 11.0. The number of phenols is 1. The fourth-order valence-corrected chi connectivity index (χ4v) is 5.64. The SMILES string of the molecule is COc1ccc(CCN(CCS(=O)[O-])CCS(=O)(=O)Oc2ccc(C(C)(C)c3ccc(O)cc3)cc2)cc1OC. The summed E-state index contributed by atoms with van der Waals surface area (Å²) in [5.74, 6) is 1.17. The molecule has 11 heteroatoms. The highest BCUT2D eigenvalue weighted by Crippen LogP contribution is 2.33. The first kappa shape index (κ1) is 31.4. The van der Waals surface area contributed by atoms with E-state index in [1.807, 2.05) is 50.2 Å². The van der Waals surface area contributed by atoms with Gasteiger partial charge in [-0.2, -0.15) is 8.42 Å². The number of ether oxygens (including phenoxy) is 2. The molecule has 0 aliphatic rings. The van der Waals surface area contributed by atoms with Crippen molar-refractivity contribution in [3.05, 3.63) is 83.4 Å². The van der Waals surface area contributed by atoms with Gasteiger partial charge in [-0.3, -0.25) is 4.21 Å². The second-order valence-electron chi connectivity index (χ2n) is 9.83. The van der Waals surface area contributed by atoms with Crippen LogP contribution >= 0.6 is 0 Å². The molecule has 0 saturated carbocycles. The number of methoxy groups -OCH3 is 2. The Bertz CT molecular complexity index is 1370. The molecule has 1 unspecified atom stereocenters. The molecular formula is C29H36NO8S2-. The molecule has 1 atom stereocenters. The minimum atomic E-state index is -3.94. The maximum absolute atomic E-state index is 12.8. The molecule has 0 bridgehead atoms. The summed E-state index contributed by atoms with van der Waals surface area (Å²) in [4.78, 5) is 1.79. The van der Waals surface area contributed by atoms with Crippen LogP contribution in [0, 0.1) is 0 Å². The minimum Gasteiger partial charge on any atom is -0.772 e. The summed E-state index contributed by atoms with van der Waals surface area (Å²) in [5.41, 5.74) is 2.52. The molecule has 1 N–H and O–H groups in total. The van der Waals surface area contributed by atoms with Gasteiger partial charge in [0.05, 0.1) is 20.0 Å². The van der Waals surface area contributed by atoms with Crippen LogP contribution in [0.1, 0.15) is 30.5 Å². The average Bonchev–Trinajstić information content (AvgIpc) is 2.92. The molecule has 0 radical (unpaired) electrons. The van der Waals surface area contributed by atoms with Crippen LogP contribution in [0.5, 0.6) is 23.0 Å². The maximum atomic E-state index is 12.8. The molecule has 0 fully saturated rings. The van der Waals surface area contributed by atoms with E-state index in [9.17, 15) is 22.3 Å². The van der Waals surface area contributed by atoms with Gasteiger partial charge in [-0.15, -0.1) is 0 Å². The van der Waals surface area contributed by atoms with Crippen molar-refractivity contribution in [3.63, 3.8) is 0 Å². The Balaban J connectivity index is 1.62. The summed E-state index contributed by atoms with van der Waals surface area (Å²) in [6.45, 7) is 4.83. The highest BCUT2D eigenvalue weighted by atomic mass is 32.2. The first-order chi connectivity index (χ1) is 18.9. The van der Waals surface area contributed by atoms with E-state index in [4.69, 9.17) is 13.7 Å². The number of hydrogen-bond donors (Lipinski definition) is 1. The van der Waals surface area contributed by atoms with Crippen LogP contribution < -0.4 is 13.7 Å². The number of rotatable bonds is 15. The predicted molar refractivity (Wildman–Crippen MR) is 155 cm³/mol. The summed E-state index contributed by atoms with van der Waals surface area (Å²) >= 11 is -2.25. The van der Waals surface area contributed by atoms with Gasteiger partial charge in [0.2, 0.25) is 0 Å². The lowest BCUT2D eigenvalue weighted by Gasteiger charge is -2.26. The van der Waals surface area contributed by atoms with E-state index >= 15 is 0 Å². The van der Waals surface area contributed by atoms with Crippen molar-refractivity contribution >= 4 is 21.2 Å². The Morgan fingerprint density at radius 2 is 1.48 bits per heavy atom. The molecule has 9 nitrogen and oxygen atoms in total. The minimum absolute atomic E-state index is 0.106. The number of benzene rings is 3. The van der Waals surface area contributed by atoms with Gasteiger partial charge in [0.25, 0.3) is 0 Å². The second kappa shape index (κ2) is 14.0. The van der Waals surface area contributed by atoms with E-state index in [-0.39, 0.29) is 41.5 Å². The van der Waals surface area contributed by atoms with Crippen LogP contribution in [-0.2, 0) is 33.0 Å². The molecule has 0 heterocycles. The lowest BCUT2D eigenvalue weighted by molar-refractivity contribution is 0.305. The topological polar surface area (TPSA) is 125 Å². The molecule has 0 saturated heterocycles. The Hall–Kier alpha value is -3.12. The quantitative estimate of drug-likeness (QED) is 0.207. The van der Waals surface area contributed by atoms with Crippen LogP contribution in [0.25, 0.3) is 0 Å². The van der Waals surface area contributed by atoms with E-state index < -0.39 is 21.2 Å². The normalized spacial score (nSPS) is 12.8. The zero-order valence-corrected chi connectivity index (χ0v) is 24.8. The number of hydrogen-bond acceptors (Lipinski definition) is 9. The van der Waals surface area contributed by atoms with Gasteiger partial charge in [0.1, 0.15) is 11.5 Å². The Labute approximate surface area is 239 Å². The third-order valence-corrected chi connectivity index (χ3v) is 8.43. The zero-order chi connectivity index (χ0) is 29.3. The van der Waals surface area contributed by atoms with E-state index in [1.165, 1.54) is 0 Å². The molecule has 3 aromatic rings. The molecule has 40 heavy (non-hydrogen) atoms. The fourth-order valence-electron chi connectivity index (χ4n) is 4.26. The first-order valence-corrected chi connectivity index (χ1v) is 15.6. The van der Waals surface area contributed by atoms with Gasteiger partial charge >= 0.3 is 10.1 Å². The van der Waals surface area contributed by atoms with Crippen molar-refractivity contribution in [2.45, 2.75) is 25.7 Å². The maximum Gasteiger partial charge on any atom is 0.310 e. The Morgan fingerprint density at radius 1 is 0.875 bits per heavy atom. The smallest absolute Gasteiger partial charge is 0.310 e. The molecule has 3 aromatic carbocycles. The van der Waals surface area contributed by atoms with Crippen molar-refractivity contribution in [1.82, 2.24) is 4.90 Å². The lowest BCUT2D eigenvalue weighted by Crippen LogP contribution is -2.35. The van der Waals surface area contributed by atoms with Crippen molar-refractivity contribution < 1.29 is 35.9 Å². The van der Waals surface area contributed by atoms with Gasteiger partial charge in [-0.1, -0.05) is 55.3 Å². The Morgan fingerprint density at radius 3 is 2.05 bits per heavy atom. The predicted octanol–water partition coefficient (Wildman–Crippen LogP) is 3.87. The van der Waals surface area contributed by atoms with Crippen LogP contribution in [0.4, 0.5) is 0 Å². The van der Waals surface area contributed by atoms with Gasteiger partial charge in [0, 0.05) is 30.8 Å². The third-order valence-electron chi connectivity index (χ3n) is 6.78. The van der Waals surface area contributed by atoms with E-state index in [0.717, 1.165) is 16.7 Å². The molecule has 3 rings (SSSR count). The second-order valence-corrected chi connectivity index (χ2v) is 12.5. The average molecular weight is 591 g/mol. The van der Waals surface area contributed by atoms with E-state index in [0.29, 0.717) is 24.5 Å². The van der Waals surface area contributed by atoms with E-state index in [2.05, 4.69) is 0 Å². The number of nitrogens with zero attached hydrogens (tertiary/aromatic N) is 1. The van der Waals surface area contributed by atoms with Gasteiger partial charge in [-0.25, -0.2) is 0 Å². The third kappa shape index (κ3) is 8.95. The standard InChI is InChI=1S/C29H37NO8S2/c1-29(2,23-6-10-25(31)11-7-23)24-8-12-26(13-9-24)38-40(34,35)20-18-30(17-19-39(32)33)16-15-22-5-14-27(36-3)28(21-22)37-4/h5-14,21,31H,15-20H2,1-4H3,(H,32,33)/p-1. The van der Waals surface area contributed by atoms with Crippen molar-refractivity contribution in [2.75, 3.05) is 45.4 Å². The molecule has 0 spiro atoms. The molecular weight excluding hydrogens is 554 g/mol. The highest BCUT2D eigenvalue weighted by Gasteiger charge is 2.24. The van der Waals surface area contributed by atoms with Gasteiger partial charge < -0.3 is 28.2 Å². The summed E-state index contributed by atoms with van der Waals surface area (Å²) in [6, 6.07) is 19.4. The zero-order valence-electron chi connectivity index (χ0n) is 23.2. The van der Waals surface area contributed by atoms with Crippen LogP contribution in [0.15, 0.2) is 66.7 Å². The lowest BCUT2D eigenvalue weighted by atomic mass is 9.78.